The quantitative estimate of drug-likeness (QED) is 0.704. The van der Waals surface area contributed by atoms with Gasteiger partial charge >= 0.3 is 0 Å². The molecule has 0 N–H and O–H groups in total. The zero-order valence-corrected chi connectivity index (χ0v) is 11.4. The van der Waals surface area contributed by atoms with Crippen LogP contribution in [0, 0.1) is 11.8 Å². The Bertz CT molecular complexity index is 519. The van der Waals surface area contributed by atoms with Gasteiger partial charge in [0, 0.05) is 31.7 Å². The molecule has 19 heavy (non-hydrogen) atoms. The molecule has 1 aliphatic heterocycles. The number of amides is 1. The summed E-state index contributed by atoms with van der Waals surface area (Å²) in [7, 11) is 1.85. The van der Waals surface area contributed by atoms with Crippen molar-refractivity contribution in [3.8, 4) is 11.8 Å². The lowest BCUT2D eigenvalue weighted by Crippen LogP contribution is -2.26. The summed E-state index contributed by atoms with van der Waals surface area (Å²) in [5.41, 5.74) is 1.83. The molecule has 1 aromatic carbocycles. The molecule has 0 saturated heterocycles. The van der Waals surface area contributed by atoms with Gasteiger partial charge in [0.2, 0.25) is 5.91 Å². The average molecular weight is 253 g/mol. The van der Waals surface area contributed by atoms with Crippen molar-refractivity contribution < 1.29 is 4.79 Å². The molecule has 1 aromatic rings. The molecule has 0 spiro atoms. The molecule has 2 rings (SSSR count). The molecule has 0 radical (unpaired) electrons. The maximum absolute atomic E-state index is 12.1. The van der Waals surface area contributed by atoms with Crippen molar-refractivity contribution in [2.45, 2.75) is 25.7 Å². The van der Waals surface area contributed by atoms with E-state index in [1.807, 2.05) is 37.4 Å². The summed E-state index contributed by atoms with van der Waals surface area (Å²) in [6.07, 6.45) is 5.86. The number of benzene rings is 1. The number of carbonyl (C=O) groups excluding carboxylic acids is 1. The van der Waals surface area contributed by atoms with Gasteiger partial charge in [0.15, 0.2) is 0 Å². The number of rotatable bonds is 1. The highest BCUT2D eigenvalue weighted by molar-refractivity contribution is 5.98. The first-order chi connectivity index (χ1) is 9.27. The van der Waals surface area contributed by atoms with Crippen molar-refractivity contribution in [2.24, 2.45) is 0 Å². The third-order valence-corrected chi connectivity index (χ3v) is 3.25. The second-order valence-electron chi connectivity index (χ2n) is 4.80. The molecule has 1 aliphatic rings. The summed E-state index contributed by atoms with van der Waals surface area (Å²) < 4.78 is 0. The highest BCUT2D eigenvalue weighted by Crippen LogP contribution is 2.14. The van der Waals surface area contributed by atoms with E-state index in [-0.39, 0.29) is 5.91 Å². The Morgan fingerprint density at radius 2 is 1.89 bits per heavy atom. The fraction of sp³-hybridized carbons (Fsp3) is 0.353. The van der Waals surface area contributed by atoms with E-state index in [0.717, 1.165) is 43.4 Å². The molecule has 0 bridgehead atoms. The molecule has 0 unspecified atom stereocenters. The lowest BCUT2D eigenvalue weighted by atomic mass is 10.1. The van der Waals surface area contributed by atoms with Crippen molar-refractivity contribution >= 4 is 11.5 Å². The van der Waals surface area contributed by atoms with Gasteiger partial charge in [-0.2, -0.15) is 0 Å². The number of hydrogen-bond donors (Lipinski definition) is 0. The Morgan fingerprint density at radius 3 is 2.68 bits per heavy atom. The highest BCUT2D eigenvalue weighted by Gasteiger charge is 2.08. The maximum atomic E-state index is 12.1. The third kappa shape index (κ3) is 3.99. The highest BCUT2D eigenvalue weighted by atomic mass is 16.2. The van der Waals surface area contributed by atoms with Crippen LogP contribution < -0.4 is 0 Å². The van der Waals surface area contributed by atoms with E-state index in [0.29, 0.717) is 0 Å². The summed E-state index contributed by atoms with van der Waals surface area (Å²) in [4.78, 5) is 13.9. The number of nitrogens with zero attached hydrogens (tertiary/aromatic N) is 1. The van der Waals surface area contributed by atoms with E-state index < -0.39 is 0 Å². The first kappa shape index (κ1) is 13.4. The van der Waals surface area contributed by atoms with Gasteiger partial charge in [-0.05, 0) is 18.4 Å². The van der Waals surface area contributed by atoms with Crippen molar-refractivity contribution in [1.82, 2.24) is 4.90 Å². The predicted octanol–water partition coefficient (Wildman–Crippen LogP) is 3.11. The van der Waals surface area contributed by atoms with Crippen molar-refractivity contribution in [2.75, 3.05) is 13.6 Å². The molecule has 0 aliphatic carbocycles. The second kappa shape index (κ2) is 6.80. The number of likely N-dealkylation sites (N-methyl/N-ethyl adjacent to an activating group) is 1. The van der Waals surface area contributed by atoms with Crippen LogP contribution in [0.25, 0.3) is 5.57 Å². The normalized spacial score (nSPS) is 19.7. The van der Waals surface area contributed by atoms with E-state index >= 15 is 0 Å². The molecule has 2 heteroatoms. The monoisotopic (exact) mass is 253 g/mol. The van der Waals surface area contributed by atoms with Crippen LogP contribution >= 0.6 is 0 Å². The fourth-order valence-corrected chi connectivity index (χ4v) is 2.05. The van der Waals surface area contributed by atoms with Crippen LogP contribution in [0.15, 0.2) is 36.4 Å². The average Bonchev–Trinajstić information content (AvgIpc) is 2.48. The van der Waals surface area contributed by atoms with Gasteiger partial charge in [0.25, 0.3) is 0 Å². The zero-order chi connectivity index (χ0) is 13.5. The standard InChI is InChI=1S/C17H19NO/c1-18-13-9-4-2-3-6-12-16(14-17(18)19)15-10-7-5-8-11-15/h5,7-8,10-11,14H,2-4,9,13H2,1H3/b16-14+. The van der Waals surface area contributed by atoms with Gasteiger partial charge in [0.05, 0.1) is 0 Å². The molecule has 0 saturated carbocycles. The summed E-state index contributed by atoms with van der Waals surface area (Å²) in [5, 5.41) is 0. The van der Waals surface area contributed by atoms with Gasteiger partial charge in [-0.3, -0.25) is 4.79 Å². The molecule has 1 heterocycles. The van der Waals surface area contributed by atoms with Crippen molar-refractivity contribution in [1.29, 1.82) is 0 Å². The van der Waals surface area contributed by atoms with Crippen LogP contribution in [0.5, 0.6) is 0 Å². The fourth-order valence-electron chi connectivity index (χ4n) is 2.05. The lowest BCUT2D eigenvalue weighted by molar-refractivity contribution is -0.124. The lowest BCUT2D eigenvalue weighted by Gasteiger charge is -2.14. The second-order valence-corrected chi connectivity index (χ2v) is 4.80. The van der Waals surface area contributed by atoms with Crippen LogP contribution in [0.1, 0.15) is 31.2 Å². The number of hydrogen-bond acceptors (Lipinski definition) is 1. The van der Waals surface area contributed by atoms with Gasteiger partial charge in [0.1, 0.15) is 0 Å². The Labute approximate surface area is 115 Å². The molecular formula is C17H19NO. The van der Waals surface area contributed by atoms with E-state index in [1.165, 1.54) is 0 Å². The third-order valence-electron chi connectivity index (χ3n) is 3.25. The summed E-state index contributed by atoms with van der Waals surface area (Å²) in [6, 6.07) is 9.89. The van der Waals surface area contributed by atoms with Crippen LogP contribution in [0.3, 0.4) is 0 Å². The number of carbonyl (C=O) groups is 1. The Kier molecular flexibility index (Phi) is 4.80. The number of allylic oxidation sites excluding steroid dienone is 1. The predicted molar refractivity (Wildman–Crippen MR) is 78.3 cm³/mol. The van der Waals surface area contributed by atoms with E-state index in [4.69, 9.17) is 0 Å². The molecule has 2 nitrogen and oxygen atoms in total. The van der Waals surface area contributed by atoms with Crippen molar-refractivity contribution in [3.05, 3.63) is 42.0 Å². The van der Waals surface area contributed by atoms with Crippen LogP contribution in [-0.4, -0.2) is 24.4 Å². The SMILES string of the molecule is CN1CCCCCC#C/C(c2ccccc2)=C\C1=O. The minimum Gasteiger partial charge on any atom is -0.342 e. The smallest absolute Gasteiger partial charge is 0.247 e. The summed E-state index contributed by atoms with van der Waals surface area (Å²) >= 11 is 0. The Balaban J connectivity index is 2.32. The van der Waals surface area contributed by atoms with Crippen LogP contribution in [-0.2, 0) is 4.79 Å². The largest absolute Gasteiger partial charge is 0.342 e. The molecule has 0 aromatic heterocycles. The first-order valence-corrected chi connectivity index (χ1v) is 6.78. The van der Waals surface area contributed by atoms with Gasteiger partial charge < -0.3 is 4.90 Å². The topological polar surface area (TPSA) is 20.3 Å². The summed E-state index contributed by atoms with van der Waals surface area (Å²) in [5.74, 6) is 6.36. The molecule has 98 valence electrons. The Hall–Kier alpha value is -2.01. The van der Waals surface area contributed by atoms with Crippen molar-refractivity contribution in [3.63, 3.8) is 0 Å². The van der Waals surface area contributed by atoms with E-state index in [9.17, 15) is 4.79 Å². The van der Waals surface area contributed by atoms with Crippen LogP contribution in [0.4, 0.5) is 0 Å². The van der Waals surface area contributed by atoms with Gasteiger partial charge in [-0.25, -0.2) is 0 Å². The maximum Gasteiger partial charge on any atom is 0.247 e. The summed E-state index contributed by atoms with van der Waals surface area (Å²) in [6.45, 7) is 0.817. The van der Waals surface area contributed by atoms with E-state index in [1.54, 1.807) is 11.0 Å². The zero-order valence-electron chi connectivity index (χ0n) is 11.4. The van der Waals surface area contributed by atoms with Crippen LogP contribution in [0.2, 0.25) is 0 Å². The Morgan fingerprint density at radius 1 is 1.11 bits per heavy atom. The van der Waals surface area contributed by atoms with E-state index in [2.05, 4.69) is 11.8 Å². The van der Waals surface area contributed by atoms with Gasteiger partial charge in [-0.1, -0.05) is 48.6 Å². The minimum absolute atomic E-state index is 0.0371. The van der Waals surface area contributed by atoms with Gasteiger partial charge in [-0.15, -0.1) is 0 Å². The molecule has 1 amide bonds. The first-order valence-electron chi connectivity index (χ1n) is 6.78. The molecule has 0 fully saturated rings. The molecular weight excluding hydrogens is 234 g/mol. The minimum atomic E-state index is 0.0371. The molecule has 0 atom stereocenters.